The molecule has 32 heavy (non-hydrogen) atoms. The molecule has 1 atom stereocenters. The van der Waals surface area contributed by atoms with Gasteiger partial charge in [-0.3, -0.25) is 14.5 Å². The van der Waals surface area contributed by atoms with Gasteiger partial charge in [0.05, 0.1) is 26.3 Å². The number of aliphatic imine (C=N–C) groups is 1. The predicted octanol–water partition coefficient (Wildman–Crippen LogP) is 0.652. The van der Waals surface area contributed by atoms with Crippen LogP contribution in [0.15, 0.2) is 29.3 Å². The van der Waals surface area contributed by atoms with Crippen LogP contribution < -0.4 is 16.0 Å². The minimum absolute atomic E-state index is 0. The Balaban J connectivity index is 0.00000363. The van der Waals surface area contributed by atoms with Gasteiger partial charge in [0, 0.05) is 50.9 Å². The minimum Gasteiger partial charge on any atom is -0.379 e. The van der Waals surface area contributed by atoms with Crippen molar-refractivity contribution < 1.29 is 14.3 Å². The Morgan fingerprint density at radius 2 is 1.91 bits per heavy atom. The summed E-state index contributed by atoms with van der Waals surface area (Å²) in [6, 6.07) is 7.84. The second kappa shape index (κ2) is 13.6. The largest absolute Gasteiger partial charge is 0.379 e. The van der Waals surface area contributed by atoms with Crippen molar-refractivity contribution in [2.45, 2.75) is 26.4 Å². The molecule has 2 aliphatic rings. The minimum atomic E-state index is -0.114. The van der Waals surface area contributed by atoms with E-state index in [1.165, 1.54) is 0 Å². The summed E-state index contributed by atoms with van der Waals surface area (Å²) < 4.78 is 5.42. The average Bonchev–Trinajstić information content (AvgIpc) is 2.81. The number of ether oxygens (including phenoxy) is 1. The van der Waals surface area contributed by atoms with E-state index in [-0.39, 0.29) is 42.3 Å². The molecular formula is C22H35IN6O3. The van der Waals surface area contributed by atoms with Gasteiger partial charge in [0.25, 0.3) is 5.91 Å². The van der Waals surface area contributed by atoms with Crippen LogP contribution in [0.3, 0.4) is 0 Å². The van der Waals surface area contributed by atoms with E-state index in [2.05, 4.69) is 32.8 Å². The number of nitrogens with one attached hydrogen (secondary N) is 3. The van der Waals surface area contributed by atoms with Crippen molar-refractivity contribution in [3.05, 3.63) is 35.4 Å². The molecule has 0 spiro atoms. The lowest BCUT2D eigenvalue weighted by molar-refractivity contribution is -0.123. The first-order valence-corrected chi connectivity index (χ1v) is 11.1. The van der Waals surface area contributed by atoms with Crippen molar-refractivity contribution in [1.82, 2.24) is 25.8 Å². The van der Waals surface area contributed by atoms with Crippen molar-refractivity contribution in [2.75, 3.05) is 59.0 Å². The quantitative estimate of drug-likeness (QED) is 0.259. The topological polar surface area (TPSA) is 98.3 Å². The van der Waals surface area contributed by atoms with Gasteiger partial charge in [0.1, 0.15) is 0 Å². The molecule has 10 heteroatoms. The Labute approximate surface area is 207 Å². The van der Waals surface area contributed by atoms with E-state index in [0.29, 0.717) is 31.2 Å². The Morgan fingerprint density at radius 3 is 2.56 bits per heavy atom. The number of hydrogen-bond acceptors (Lipinski definition) is 5. The van der Waals surface area contributed by atoms with E-state index >= 15 is 0 Å². The highest BCUT2D eigenvalue weighted by molar-refractivity contribution is 14.0. The van der Waals surface area contributed by atoms with Crippen LogP contribution in [-0.4, -0.2) is 92.6 Å². The third-order valence-electron chi connectivity index (χ3n) is 5.52. The molecule has 0 saturated carbocycles. The lowest BCUT2D eigenvalue weighted by Crippen LogP contribution is -2.49. The number of halogens is 1. The van der Waals surface area contributed by atoms with Gasteiger partial charge < -0.3 is 25.6 Å². The molecule has 0 aliphatic carbocycles. The zero-order valence-corrected chi connectivity index (χ0v) is 21.3. The summed E-state index contributed by atoms with van der Waals surface area (Å²) in [5, 5.41) is 9.44. The Hall–Kier alpha value is -1.92. The summed E-state index contributed by atoms with van der Waals surface area (Å²) in [6.45, 7) is 11.0. The number of morpholine rings is 1. The summed E-state index contributed by atoms with van der Waals surface area (Å²) in [6.07, 6.45) is 0. The molecule has 2 saturated heterocycles. The van der Waals surface area contributed by atoms with E-state index in [1.54, 1.807) is 17.0 Å². The molecule has 0 radical (unpaired) electrons. The Morgan fingerprint density at radius 1 is 1.19 bits per heavy atom. The average molecular weight is 558 g/mol. The third kappa shape index (κ3) is 7.89. The second-order valence-corrected chi connectivity index (χ2v) is 7.85. The van der Waals surface area contributed by atoms with Crippen molar-refractivity contribution >= 4 is 41.8 Å². The fourth-order valence-electron chi connectivity index (χ4n) is 3.65. The Bertz CT molecular complexity index is 767. The zero-order valence-electron chi connectivity index (χ0n) is 18.9. The molecule has 178 valence electrons. The molecule has 2 aliphatic heterocycles. The first-order chi connectivity index (χ1) is 15.1. The van der Waals surface area contributed by atoms with Crippen LogP contribution in [0.1, 0.15) is 29.8 Å². The maximum absolute atomic E-state index is 12.6. The Kier molecular flexibility index (Phi) is 11.2. The van der Waals surface area contributed by atoms with Gasteiger partial charge in [-0.15, -0.1) is 24.0 Å². The molecule has 1 unspecified atom stereocenters. The fraction of sp³-hybridized carbons (Fsp3) is 0.591. The van der Waals surface area contributed by atoms with Crippen molar-refractivity contribution in [1.29, 1.82) is 0 Å². The van der Waals surface area contributed by atoms with E-state index in [9.17, 15) is 9.59 Å². The zero-order chi connectivity index (χ0) is 22.1. The lowest BCUT2D eigenvalue weighted by Gasteiger charge is -2.32. The highest BCUT2D eigenvalue weighted by atomic mass is 127. The number of amides is 2. The van der Waals surface area contributed by atoms with E-state index in [4.69, 9.17) is 4.74 Å². The molecule has 1 aromatic rings. The molecule has 2 heterocycles. The summed E-state index contributed by atoms with van der Waals surface area (Å²) >= 11 is 0. The molecule has 3 rings (SSSR count). The van der Waals surface area contributed by atoms with Crippen molar-refractivity contribution in [2.24, 2.45) is 4.99 Å². The summed E-state index contributed by atoms with van der Waals surface area (Å²) in [5.74, 6) is 0.552. The molecule has 0 aromatic heterocycles. The number of carbonyl (C=O) groups excluding carboxylic acids is 2. The van der Waals surface area contributed by atoms with Gasteiger partial charge in [-0.2, -0.15) is 0 Å². The van der Waals surface area contributed by atoms with Crippen LogP contribution in [0.2, 0.25) is 0 Å². The van der Waals surface area contributed by atoms with E-state index in [1.807, 2.05) is 19.1 Å². The van der Waals surface area contributed by atoms with Gasteiger partial charge in [-0.25, -0.2) is 4.99 Å². The lowest BCUT2D eigenvalue weighted by atomic mass is 10.1. The molecule has 0 bridgehead atoms. The maximum atomic E-state index is 12.6. The summed E-state index contributed by atoms with van der Waals surface area (Å²) in [7, 11) is 0. The monoisotopic (exact) mass is 558 g/mol. The van der Waals surface area contributed by atoms with Gasteiger partial charge in [0.15, 0.2) is 5.96 Å². The predicted molar refractivity (Wildman–Crippen MR) is 135 cm³/mol. The molecule has 2 fully saturated rings. The van der Waals surface area contributed by atoms with Crippen LogP contribution in [-0.2, 0) is 16.1 Å². The number of carbonyl (C=O) groups is 2. The molecule has 3 N–H and O–H groups in total. The normalized spacial score (nSPS) is 18.4. The van der Waals surface area contributed by atoms with E-state index < -0.39 is 0 Å². The van der Waals surface area contributed by atoms with Crippen LogP contribution in [0, 0.1) is 0 Å². The maximum Gasteiger partial charge on any atom is 0.254 e. The van der Waals surface area contributed by atoms with E-state index in [0.717, 1.165) is 50.9 Å². The number of hydrogen-bond donors (Lipinski definition) is 3. The highest BCUT2D eigenvalue weighted by Gasteiger charge is 2.22. The smallest absolute Gasteiger partial charge is 0.254 e. The molecular weight excluding hydrogens is 523 g/mol. The number of piperazine rings is 1. The number of benzene rings is 1. The van der Waals surface area contributed by atoms with Crippen molar-refractivity contribution in [3.8, 4) is 0 Å². The summed E-state index contributed by atoms with van der Waals surface area (Å²) in [4.78, 5) is 32.8. The third-order valence-corrected chi connectivity index (χ3v) is 5.52. The highest BCUT2D eigenvalue weighted by Crippen LogP contribution is 2.10. The van der Waals surface area contributed by atoms with Gasteiger partial charge in [-0.05, 0) is 31.5 Å². The standard InChI is InChI=1S/C22H34N6O3.HI/c1-3-23-22(25-14-17(2)27-10-12-31-13-11-27)26-15-18-4-6-19(7-5-18)21(30)28-9-8-24-20(29)16-28;/h4-7,17H,3,8-16H2,1-2H3,(H,24,29)(H2,23,25,26);1H. The van der Waals surface area contributed by atoms with Crippen LogP contribution in [0.4, 0.5) is 0 Å². The molecule has 2 amide bonds. The summed E-state index contributed by atoms with van der Waals surface area (Å²) in [5.41, 5.74) is 1.61. The molecule has 1 aromatic carbocycles. The molecule has 9 nitrogen and oxygen atoms in total. The second-order valence-electron chi connectivity index (χ2n) is 7.85. The van der Waals surface area contributed by atoms with Gasteiger partial charge >= 0.3 is 0 Å². The van der Waals surface area contributed by atoms with Crippen molar-refractivity contribution in [3.63, 3.8) is 0 Å². The van der Waals surface area contributed by atoms with Crippen LogP contribution in [0.25, 0.3) is 0 Å². The number of guanidine groups is 1. The first-order valence-electron chi connectivity index (χ1n) is 11.1. The fourth-order valence-corrected chi connectivity index (χ4v) is 3.65. The first kappa shape index (κ1) is 26.3. The van der Waals surface area contributed by atoms with Gasteiger partial charge in [-0.1, -0.05) is 12.1 Å². The van der Waals surface area contributed by atoms with Gasteiger partial charge in [0.2, 0.25) is 5.91 Å². The SMILES string of the molecule is CCNC(=NCc1ccc(C(=O)N2CCNC(=O)C2)cc1)NCC(C)N1CCOCC1.I. The number of nitrogens with zero attached hydrogens (tertiary/aromatic N) is 3. The van der Waals surface area contributed by atoms with Crippen LogP contribution >= 0.6 is 24.0 Å². The van der Waals surface area contributed by atoms with Crippen LogP contribution in [0.5, 0.6) is 0 Å². The number of rotatable bonds is 7.